The molecule has 4 aromatic rings. The van der Waals surface area contributed by atoms with E-state index in [1.807, 2.05) is 69.3 Å². The molecule has 1 N–H and O–H groups in total. The summed E-state index contributed by atoms with van der Waals surface area (Å²) in [6.07, 6.45) is -0.488. The third-order valence-corrected chi connectivity index (χ3v) is 4.93. The molecule has 0 fully saturated rings. The summed E-state index contributed by atoms with van der Waals surface area (Å²) < 4.78 is 11.3. The Balaban J connectivity index is 2.01. The first-order valence-corrected chi connectivity index (χ1v) is 9.95. The van der Waals surface area contributed by atoms with Crippen LogP contribution in [0, 0.1) is 0 Å². The number of benzene rings is 4. The predicted molar refractivity (Wildman–Crippen MR) is 123 cm³/mol. The van der Waals surface area contributed by atoms with E-state index in [0.29, 0.717) is 5.69 Å². The minimum absolute atomic E-state index is 0.488. The molecular formula is C26H25NO3. The van der Waals surface area contributed by atoms with E-state index in [0.717, 1.165) is 38.4 Å². The molecule has 0 saturated carbocycles. The van der Waals surface area contributed by atoms with E-state index < -0.39 is 11.7 Å². The van der Waals surface area contributed by atoms with Crippen molar-refractivity contribution < 1.29 is 14.3 Å². The van der Waals surface area contributed by atoms with Crippen LogP contribution < -0.4 is 10.1 Å². The lowest BCUT2D eigenvalue weighted by atomic mass is 9.91. The molecule has 0 radical (unpaired) electrons. The van der Waals surface area contributed by atoms with Crippen molar-refractivity contribution in [1.82, 2.24) is 0 Å². The maximum atomic E-state index is 12.6. The number of nitrogens with one attached hydrogen (secondary N) is 1. The number of hydrogen-bond donors (Lipinski definition) is 1. The van der Waals surface area contributed by atoms with E-state index in [-0.39, 0.29) is 0 Å². The van der Waals surface area contributed by atoms with Crippen LogP contribution in [0.15, 0.2) is 72.8 Å². The average Bonchev–Trinajstić information content (AvgIpc) is 2.71. The SMILES string of the molecule is COc1ccc2ccccc2c1-c1c(NC(=O)OC(C)(C)C)ccc2ccccc12. The Morgan fingerprint density at radius 1 is 0.767 bits per heavy atom. The lowest BCUT2D eigenvalue weighted by Gasteiger charge is -2.22. The van der Waals surface area contributed by atoms with Gasteiger partial charge in [-0.15, -0.1) is 0 Å². The van der Waals surface area contributed by atoms with Gasteiger partial charge in [-0.05, 0) is 54.4 Å². The maximum Gasteiger partial charge on any atom is 0.412 e. The zero-order valence-corrected chi connectivity index (χ0v) is 17.7. The van der Waals surface area contributed by atoms with Crippen molar-refractivity contribution in [1.29, 1.82) is 0 Å². The fourth-order valence-corrected chi connectivity index (χ4v) is 3.74. The fourth-order valence-electron chi connectivity index (χ4n) is 3.74. The number of ether oxygens (including phenoxy) is 2. The van der Waals surface area contributed by atoms with E-state index in [4.69, 9.17) is 9.47 Å². The van der Waals surface area contributed by atoms with Crippen LogP contribution in [0.5, 0.6) is 5.75 Å². The predicted octanol–water partition coefficient (Wildman–Crippen LogP) is 7.02. The molecule has 0 aliphatic rings. The summed E-state index contributed by atoms with van der Waals surface area (Å²) in [7, 11) is 1.67. The third-order valence-electron chi connectivity index (χ3n) is 4.93. The van der Waals surface area contributed by atoms with Gasteiger partial charge < -0.3 is 9.47 Å². The van der Waals surface area contributed by atoms with Crippen molar-refractivity contribution in [3.05, 3.63) is 72.8 Å². The normalized spacial score (nSPS) is 11.5. The summed E-state index contributed by atoms with van der Waals surface area (Å²) in [6.45, 7) is 5.55. The number of methoxy groups -OCH3 is 1. The quantitative estimate of drug-likeness (QED) is 0.403. The average molecular weight is 399 g/mol. The Labute approximate surface area is 176 Å². The second-order valence-corrected chi connectivity index (χ2v) is 8.20. The zero-order valence-electron chi connectivity index (χ0n) is 17.7. The summed E-state index contributed by atoms with van der Waals surface area (Å²) in [5.74, 6) is 0.747. The summed E-state index contributed by atoms with van der Waals surface area (Å²) >= 11 is 0. The van der Waals surface area contributed by atoms with E-state index in [2.05, 4.69) is 29.6 Å². The maximum absolute atomic E-state index is 12.6. The molecule has 0 atom stereocenters. The molecule has 0 bridgehead atoms. The van der Waals surface area contributed by atoms with E-state index in [1.165, 1.54) is 0 Å². The Morgan fingerprint density at radius 3 is 1.93 bits per heavy atom. The first kappa shape index (κ1) is 19.8. The van der Waals surface area contributed by atoms with Crippen molar-refractivity contribution >= 4 is 33.3 Å². The van der Waals surface area contributed by atoms with Crippen molar-refractivity contribution in [2.45, 2.75) is 26.4 Å². The van der Waals surface area contributed by atoms with Gasteiger partial charge in [0.2, 0.25) is 0 Å². The van der Waals surface area contributed by atoms with Gasteiger partial charge >= 0.3 is 6.09 Å². The number of anilines is 1. The monoisotopic (exact) mass is 399 g/mol. The molecule has 4 aromatic carbocycles. The topological polar surface area (TPSA) is 47.6 Å². The number of hydrogen-bond acceptors (Lipinski definition) is 3. The summed E-state index contributed by atoms with van der Waals surface area (Å²) in [6, 6.07) is 24.2. The molecule has 0 aromatic heterocycles. The Bertz CT molecular complexity index is 1240. The molecule has 0 saturated heterocycles. The van der Waals surface area contributed by atoms with Crippen molar-refractivity contribution in [2.24, 2.45) is 0 Å². The van der Waals surface area contributed by atoms with E-state index in [9.17, 15) is 4.79 Å². The minimum Gasteiger partial charge on any atom is -0.496 e. The first-order valence-electron chi connectivity index (χ1n) is 9.95. The van der Waals surface area contributed by atoms with Gasteiger partial charge in [0.05, 0.1) is 12.8 Å². The Hall–Kier alpha value is -3.53. The second-order valence-electron chi connectivity index (χ2n) is 8.20. The molecule has 4 nitrogen and oxygen atoms in total. The first-order chi connectivity index (χ1) is 14.4. The van der Waals surface area contributed by atoms with Gasteiger partial charge in [0.25, 0.3) is 0 Å². The highest BCUT2D eigenvalue weighted by molar-refractivity contribution is 6.13. The largest absolute Gasteiger partial charge is 0.496 e. The van der Waals surface area contributed by atoms with Crippen LogP contribution in [-0.2, 0) is 4.74 Å². The highest BCUT2D eigenvalue weighted by Crippen LogP contribution is 2.44. The lowest BCUT2D eigenvalue weighted by molar-refractivity contribution is 0.0636. The van der Waals surface area contributed by atoms with Gasteiger partial charge in [0, 0.05) is 11.1 Å². The number of carbonyl (C=O) groups excluding carboxylic acids is 1. The molecule has 0 aliphatic carbocycles. The zero-order chi connectivity index (χ0) is 21.3. The smallest absolute Gasteiger partial charge is 0.412 e. The van der Waals surface area contributed by atoms with Gasteiger partial charge in [-0.1, -0.05) is 60.7 Å². The highest BCUT2D eigenvalue weighted by atomic mass is 16.6. The van der Waals surface area contributed by atoms with Crippen LogP contribution in [0.4, 0.5) is 10.5 Å². The lowest BCUT2D eigenvalue weighted by Crippen LogP contribution is -2.27. The molecule has 0 spiro atoms. The van der Waals surface area contributed by atoms with E-state index >= 15 is 0 Å². The molecule has 30 heavy (non-hydrogen) atoms. The molecule has 0 heterocycles. The molecule has 4 heteroatoms. The van der Waals surface area contributed by atoms with E-state index in [1.54, 1.807) is 7.11 Å². The van der Waals surface area contributed by atoms with Crippen molar-refractivity contribution in [2.75, 3.05) is 12.4 Å². The fraction of sp³-hybridized carbons (Fsp3) is 0.192. The van der Waals surface area contributed by atoms with Gasteiger partial charge in [-0.25, -0.2) is 4.79 Å². The van der Waals surface area contributed by atoms with Crippen LogP contribution in [0.1, 0.15) is 20.8 Å². The van der Waals surface area contributed by atoms with Crippen molar-refractivity contribution in [3.63, 3.8) is 0 Å². The second kappa shape index (κ2) is 7.71. The van der Waals surface area contributed by atoms with Gasteiger partial charge in [-0.2, -0.15) is 0 Å². The Morgan fingerprint density at radius 2 is 1.33 bits per heavy atom. The van der Waals surface area contributed by atoms with Gasteiger partial charge in [0.15, 0.2) is 0 Å². The molecule has 152 valence electrons. The summed E-state index contributed by atoms with van der Waals surface area (Å²) in [4.78, 5) is 12.6. The van der Waals surface area contributed by atoms with Crippen LogP contribution >= 0.6 is 0 Å². The summed E-state index contributed by atoms with van der Waals surface area (Å²) in [5, 5.41) is 7.22. The molecule has 0 aliphatic heterocycles. The minimum atomic E-state index is -0.585. The highest BCUT2D eigenvalue weighted by Gasteiger charge is 2.21. The van der Waals surface area contributed by atoms with Crippen LogP contribution in [0.25, 0.3) is 32.7 Å². The van der Waals surface area contributed by atoms with Crippen LogP contribution in [0.3, 0.4) is 0 Å². The summed E-state index contributed by atoms with van der Waals surface area (Å²) in [5.41, 5.74) is 1.95. The molecule has 0 unspecified atom stereocenters. The number of carbonyl (C=O) groups is 1. The number of amides is 1. The molecule has 1 amide bonds. The Kier molecular flexibility index (Phi) is 5.08. The van der Waals surface area contributed by atoms with Gasteiger partial charge in [0.1, 0.15) is 11.4 Å². The van der Waals surface area contributed by atoms with Crippen molar-refractivity contribution in [3.8, 4) is 16.9 Å². The molecule has 4 rings (SSSR count). The van der Waals surface area contributed by atoms with Crippen LogP contribution in [0.2, 0.25) is 0 Å². The molecular weight excluding hydrogens is 374 g/mol. The van der Waals surface area contributed by atoms with Crippen LogP contribution in [-0.4, -0.2) is 18.8 Å². The third kappa shape index (κ3) is 3.81. The van der Waals surface area contributed by atoms with Gasteiger partial charge in [-0.3, -0.25) is 5.32 Å². The number of rotatable bonds is 3. The number of fused-ring (bicyclic) bond motifs is 2. The standard InChI is InChI=1S/C26H25NO3/c1-26(2,3)30-25(28)27-21-15-13-17-9-5-7-11-19(17)23(21)24-20-12-8-6-10-18(20)14-16-22(24)29-4/h5-16H,1-4H3,(H,27,28).